The Morgan fingerprint density at radius 1 is 0.247 bits per heavy atom. The number of rotatable bonds is 19. The molecule has 8 aromatic rings. The molecule has 0 unspecified atom stereocenters. The van der Waals surface area contributed by atoms with Crippen molar-refractivity contribution in [2.75, 3.05) is 13.6 Å². The Bertz CT molecular complexity index is 3030. The van der Waals surface area contributed by atoms with Gasteiger partial charge < -0.3 is 45.3 Å². The zero-order chi connectivity index (χ0) is 55.8. The average molecular weight is 1280 g/mol. The molecule has 0 spiro atoms. The molecule has 0 aliphatic rings. The van der Waals surface area contributed by atoms with Crippen molar-refractivity contribution in [2.45, 2.75) is 0 Å². The largest absolute Gasteiger partial charge is 0.458 e. The van der Waals surface area contributed by atoms with Crippen LogP contribution in [0.1, 0.15) is 0 Å². The Morgan fingerprint density at radius 3 is 0.580 bits per heavy atom. The molecule has 0 saturated heterocycles. The van der Waals surface area contributed by atoms with E-state index in [2.05, 4.69) is 31.1 Å². The van der Waals surface area contributed by atoms with Gasteiger partial charge in [-0.1, -0.05) is 72.8 Å². The van der Waals surface area contributed by atoms with Crippen LogP contribution in [0.5, 0.6) is 46.0 Å². The zero-order valence-corrected chi connectivity index (χ0v) is 47.5. The SMILES string of the molecule is FC(F)=C(F)Oc1cc[c-]cc1.FC(F)=C(F)Oc1cc[c-]cc1.FC(F)=C(F)Oc1ccc(-c2ccc(OCOc3ccc(-c4ccc(OCOc5ccc(-c6ccc(OC(F)=C(F)F)cc6)cc5)cc4)cc3)cc2)cc1.[CH3-].[Y].[Y]. The van der Waals surface area contributed by atoms with Crippen molar-refractivity contribution in [3.05, 3.63) is 262 Å². The van der Waals surface area contributed by atoms with Gasteiger partial charge in [-0.3, -0.25) is 0 Å². The van der Waals surface area contributed by atoms with Gasteiger partial charge in [0, 0.05) is 76.9 Å². The molecular formula is C59H39F12O8Y2-3. The van der Waals surface area contributed by atoms with Gasteiger partial charge in [-0.15, -0.1) is 24.3 Å². The van der Waals surface area contributed by atoms with Crippen LogP contribution in [0.4, 0.5) is 52.7 Å². The second-order valence-corrected chi connectivity index (χ2v) is 15.0. The summed E-state index contributed by atoms with van der Waals surface area (Å²) in [5.74, 6) is 2.32. The van der Waals surface area contributed by atoms with Gasteiger partial charge in [0.25, 0.3) is 0 Å². The van der Waals surface area contributed by atoms with Crippen LogP contribution in [0.3, 0.4) is 0 Å². The molecule has 0 atom stereocenters. The first-order valence-corrected chi connectivity index (χ1v) is 22.2. The maximum absolute atomic E-state index is 13.0. The summed E-state index contributed by atoms with van der Waals surface area (Å²) in [6.45, 7) is -0.0439. The van der Waals surface area contributed by atoms with Gasteiger partial charge in [-0.25, -0.2) is 0 Å². The Morgan fingerprint density at radius 2 is 0.407 bits per heavy atom. The van der Waals surface area contributed by atoms with Crippen LogP contribution in [0.15, 0.2) is 242 Å². The summed E-state index contributed by atoms with van der Waals surface area (Å²) in [5, 5.41) is 0. The molecule has 0 aliphatic carbocycles. The van der Waals surface area contributed by atoms with Gasteiger partial charge in [0.15, 0.2) is 0 Å². The van der Waals surface area contributed by atoms with E-state index in [0.29, 0.717) is 23.0 Å². The minimum Gasteiger partial charge on any atom is -0.458 e. The van der Waals surface area contributed by atoms with E-state index in [-0.39, 0.29) is 109 Å². The monoisotopic (exact) mass is 1280 g/mol. The van der Waals surface area contributed by atoms with E-state index in [4.69, 9.17) is 18.9 Å². The Labute approximate surface area is 507 Å². The van der Waals surface area contributed by atoms with E-state index >= 15 is 0 Å². The van der Waals surface area contributed by atoms with E-state index in [9.17, 15) is 52.7 Å². The van der Waals surface area contributed by atoms with E-state index in [1.54, 1.807) is 48.5 Å². The fourth-order valence-electron chi connectivity index (χ4n) is 6.18. The predicted molar refractivity (Wildman–Crippen MR) is 269 cm³/mol. The summed E-state index contributed by atoms with van der Waals surface area (Å²) >= 11 is 0. The van der Waals surface area contributed by atoms with Crippen molar-refractivity contribution in [2.24, 2.45) is 0 Å². The second-order valence-electron chi connectivity index (χ2n) is 15.0. The summed E-state index contributed by atoms with van der Waals surface area (Å²) < 4.78 is 185. The van der Waals surface area contributed by atoms with Gasteiger partial charge in [0.1, 0.15) is 34.5 Å². The first-order valence-electron chi connectivity index (χ1n) is 22.2. The van der Waals surface area contributed by atoms with Gasteiger partial charge in [-0.05, 0) is 106 Å². The molecule has 0 N–H and O–H groups in total. The Kier molecular flexibility index (Phi) is 29.5. The van der Waals surface area contributed by atoms with Crippen LogP contribution in [0, 0.1) is 19.6 Å². The third-order valence-corrected chi connectivity index (χ3v) is 9.83. The maximum atomic E-state index is 13.0. The van der Waals surface area contributed by atoms with Gasteiger partial charge in [-0.2, -0.15) is 89.1 Å². The summed E-state index contributed by atoms with van der Waals surface area (Å²) in [7, 11) is 0. The molecule has 0 heterocycles. The van der Waals surface area contributed by atoms with E-state index < -0.39 is 48.4 Å². The van der Waals surface area contributed by atoms with Crippen LogP contribution in [-0.4, -0.2) is 13.6 Å². The summed E-state index contributed by atoms with van der Waals surface area (Å²) in [4.78, 5) is 0. The number of halogens is 12. The summed E-state index contributed by atoms with van der Waals surface area (Å²) in [5.41, 5.74) is 5.16. The van der Waals surface area contributed by atoms with E-state index in [1.807, 2.05) is 72.8 Å². The Balaban J connectivity index is 0.000000526. The summed E-state index contributed by atoms with van der Waals surface area (Å²) in [6, 6.07) is 50.1. The standard InChI is InChI=1S/C42H28F6O6.2C8H4F3O.CH3.2Y/c43-39(44)41(47)53-37-21-9-31(10-22-37)29-5-17-35(18-6-29)51-25-49-33-13-1-27(2-14-33)28-3-15-34(16-4-28)50-26-52-36-19-7-30(8-20-36)32-11-23-38(24-12-32)54-42(48)40(45)46;2*9-7(10)8(11)12-6-4-2-1-3-5-6;;;/h1-24H,25-26H2;2*2-5H;1H3;;/q;3*-1;;. The van der Waals surface area contributed by atoms with Crippen molar-refractivity contribution >= 4 is 0 Å². The van der Waals surface area contributed by atoms with Crippen LogP contribution in [0.2, 0.25) is 0 Å². The van der Waals surface area contributed by atoms with Crippen molar-refractivity contribution in [1.29, 1.82) is 0 Å². The first-order chi connectivity index (χ1) is 37.6. The van der Waals surface area contributed by atoms with Crippen molar-refractivity contribution in [3.8, 4) is 79.4 Å². The molecule has 0 amide bonds. The molecule has 8 aromatic carbocycles. The molecule has 8 rings (SSSR count). The van der Waals surface area contributed by atoms with Crippen molar-refractivity contribution in [3.63, 3.8) is 0 Å². The third kappa shape index (κ3) is 23.2. The molecule has 8 nitrogen and oxygen atoms in total. The molecule has 0 bridgehead atoms. The number of hydrogen-bond donors (Lipinski definition) is 0. The fourth-order valence-corrected chi connectivity index (χ4v) is 6.18. The van der Waals surface area contributed by atoms with E-state index in [0.717, 1.165) is 33.4 Å². The minimum absolute atomic E-state index is 0. The molecule has 0 aliphatic heterocycles. The summed E-state index contributed by atoms with van der Waals surface area (Å²) in [6.07, 6.45) is -9.98. The predicted octanol–water partition coefficient (Wildman–Crippen LogP) is 18.6. The molecule has 0 saturated carbocycles. The first kappa shape index (κ1) is 67.8. The minimum atomic E-state index is -2.52. The smallest absolute Gasteiger partial charge is 0.344 e. The zero-order valence-electron chi connectivity index (χ0n) is 41.8. The molecule has 416 valence electrons. The van der Waals surface area contributed by atoms with Crippen LogP contribution >= 0.6 is 0 Å². The molecule has 0 aromatic heterocycles. The molecule has 22 heteroatoms. The van der Waals surface area contributed by atoms with Gasteiger partial charge in [0.05, 0.1) is 0 Å². The van der Waals surface area contributed by atoms with Gasteiger partial charge >= 0.3 is 48.4 Å². The number of ether oxygens (including phenoxy) is 8. The molecule has 81 heavy (non-hydrogen) atoms. The van der Waals surface area contributed by atoms with Crippen LogP contribution in [0.25, 0.3) is 33.4 Å². The van der Waals surface area contributed by atoms with Crippen LogP contribution in [-0.2, 0) is 65.4 Å². The van der Waals surface area contributed by atoms with Crippen molar-refractivity contribution in [1.82, 2.24) is 0 Å². The Hall–Kier alpha value is -7.51. The molecular weight excluding hydrogens is 1240 g/mol. The third-order valence-electron chi connectivity index (χ3n) is 9.83. The fraction of sp³-hybridized carbons (Fsp3) is 0.0339. The normalized spacial score (nSPS) is 9.78. The molecule has 2 radical (unpaired) electrons. The van der Waals surface area contributed by atoms with Gasteiger partial charge in [0.2, 0.25) is 13.6 Å². The maximum Gasteiger partial charge on any atom is 0.344 e. The van der Waals surface area contributed by atoms with Crippen molar-refractivity contribution < 1.29 is 156 Å². The number of hydrogen-bond acceptors (Lipinski definition) is 8. The topological polar surface area (TPSA) is 73.8 Å². The number of benzene rings is 8. The quantitative estimate of drug-likeness (QED) is 0.0343. The average Bonchev–Trinajstić information content (AvgIpc) is 3.45. The second kappa shape index (κ2) is 35.3. The van der Waals surface area contributed by atoms with E-state index in [1.165, 1.54) is 72.8 Å². The molecule has 0 fully saturated rings. The van der Waals surface area contributed by atoms with Crippen LogP contribution < -0.4 is 37.9 Å².